The van der Waals surface area contributed by atoms with Gasteiger partial charge in [0.05, 0.1) is 18.1 Å². The molecule has 2 N–H and O–H groups in total. The lowest BCUT2D eigenvalue weighted by Crippen LogP contribution is -2.56. The lowest BCUT2D eigenvalue weighted by atomic mass is 10.0. The van der Waals surface area contributed by atoms with E-state index in [2.05, 4.69) is 26.6 Å². The summed E-state index contributed by atoms with van der Waals surface area (Å²) in [5, 5.41) is 5.55. The summed E-state index contributed by atoms with van der Waals surface area (Å²) >= 11 is 3.28. The Kier molecular flexibility index (Phi) is 10.5. The van der Waals surface area contributed by atoms with Crippen LogP contribution in [0.2, 0.25) is 0 Å². The Balaban J connectivity index is 1.41. The molecular formula is C31H40BrN3O9S. The number of nitrogens with one attached hydrogen (secondary N) is 2. The topological polar surface area (TPSA) is 157 Å². The third-order valence-electron chi connectivity index (χ3n) is 9.02. The molecule has 0 aromatic heterocycles. The first-order chi connectivity index (χ1) is 21.5. The van der Waals surface area contributed by atoms with Gasteiger partial charge in [0, 0.05) is 23.4 Å². The highest BCUT2D eigenvalue weighted by molar-refractivity contribution is 9.10. The molecule has 45 heavy (non-hydrogen) atoms. The van der Waals surface area contributed by atoms with Crippen molar-refractivity contribution in [1.29, 1.82) is 0 Å². The minimum Gasteiger partial charge on any atom is -0.467 e. The highest BCUT2D eigenvalue weighted by Crippen LogP contribution is 2.46. The fourth-order valence-corrected chi connectivity index (χ4v) is 7.81. The molecule has 5 atom stereocenters. The molecular weight excluding hydrogens is 670 g/mol. The van der Waals surface area contributed by atoms with Crippen molar-refractivity contribution in [2.45, 2.75) is 105 Å². The van der Waals surface area contributed by atoms with E-state index in [1.165, 1.54) is 24.1 Å². The van der Waals surface area contributed by atoms with Gasteiger partial charge in [0.2, 0.25) is 11.8 Å². The lowest BCUT2D eigenvalue weighted by Gasteiger charge is -2.29. The minimum atomic E-state index is -4.24. The van der Waals surface area contributed by atoms with Crippen molar-refractivity contribution in [3.8, 4) is 0 Å². The van der Waals surface area contributed by atoms with Crippen molar-refractivity contribution < 1.29 is 41.3 Å². The van der Waals surface area contributed by atoms with Crippen molar-refractivity contribution in [1.82, 2.24) is 15.5 Å². The van der Waals surface area contributed by atoms with Crippen LogP contribution >= 0.6 is 15.9 Å². The summed E-state index contributed by atoms with van der Waals surface area (Å²) in [6.45, 7) is -0.211. The molecule has 2 aliphatic heterocycles. The van der Waals surface area contributed by atoms with Crippen LogP contribution < -0.4 is 10.6 Å². The molecule has 1 saturated heterocycles. The van der Waals surface area contributed by atoms with Gasteiger partial charge in [-0.1, -0.05) is 40.9 Å². The fourth-order valence-electron chi connectivity index (χ4n) is 6.47. The van der Waals surface area contributed by atoms with Gasteiger partial charge >= 0.3 is 12.1 Å². The van der Waals surface area contributed by atoms with Crippen LogP contribution in [-0.4, -0.2) is 80.7 Å². The van der Waals surface area contributed by atoms with E-state index < -0.39 is 57.7 Å². The highest BCUT2D eigenvalue weighted by atomic mass is 79.9. The summed E-state index contributed by atoms with van der Waals surface area (Å²) in [6.07, 6.45) is 8.96. The van der Waals surface area contributed by atoms with Crippen LogP contribution in [0.1, 0.15) is 70.6 Å². The number of alkyl carbamates (subject to hydrolysis) is 1. The molecule has 2 heterocycles. The standard InChI is InChI=1S/C31H40BrN3O9S/c1-42-29(38)31-18-20(31)9-5-3-2-4-6-12-25(33-30(39)43-22-10-7-8-11-22)28(37)35-19-23(17-26(35)27(36)34-31)44-45(40,41)24-15-13-21(32)14-16-24/h5,9,13-16,20,22-23,25-26H,2-4,6-8,10-12,17-19H2,1H3,(H,33,39)(H,34,36)/t20-,23+,25+,26?,31-/m1/s1. The average molecular weight is 711 g/mol. The molecule has 0 spiro atoms. The summed E-state index contributed by atoms with van der Waals surface area (Å²) in [4.78, 5) is 54.9. The second kappa shape index (κ2) is 14.2. The molecule has 0 bridgehead atoms. The number of carbonyl (C=O) groups is 4. The molecule has 12 nitrogen and oxygen atoms in total. The SMILES string of the molecule is COC(=O)[C@@]12C[C@H]1C=CCCCCC[C@H](NC(=O)OC1CCCC1)C(=O)N1C[C@@H](OS(=O)(=O)c3ccc(Br)cc3)CC1C(=O)N2. The molecule has 2 aliphatic carbocycles. The van der Waals surface area contributed by atoms with Gasteiger partial charge in [-0.15, -0.1) is 0 Å². The molecule has 14 heteroatoms. The first-order valence-corrected chi connectivity index (χ1v) is 17.8. The number of hydrogen-bond donors (Lipinski definition) is 2. The van der Waals surface area contributed by atoms with Crippen LogP contribution in [0.5, 0.6) is 0 Å². The number of allylic oxidation sites excluding steroid dienone is 1. The Morgan fingerprint density at radius 2 is 1.73 bits per heavy atom. The molecule has 5 rings (SSSR count). The molecule has 3 amide bonds. The molecule has 246 valence electrons. The number of esters is 1. The third-order valence-corrected chi connectivity index (χ3v) is 10.9. The predicted molar refractivity (Wildman–Crippen MR) is 165 cm³/mol. The fraction of sp³-hybridized carbons (Fsp3) is 0.613. The van der Waals surface area contributed by atoms with Crippen molar-refractivity contribution in [2.75, 3.05) is 13.7 Å². The Hall–Kier alpha value is -2.97. The number of nitrogens with zero attached hydrogens (tertiary/aromatic N) is 1. The van der Waals surface area contributed by atoms with Crippen molar-refractivity contribution >= 4 is 49.9 Å². The predicted octanol–water partition coefficient (Wildman–Crippen LogP) is 3.73. The number of rotatable bonds is 6. The van der Waals surface area contributed by atoms with Crippen molar-refractivity contribution in [3.63, 3.8) is 0 Å². The first kappa shape index (κ1) is 33.4. The van der Waals surface area contributed by atoms with E-state index in [-0.39, 0.29) is 29.9 Å². The molecule has 1 unspecified atom stereocenters. The summed E-state index contributed by atoms with van der Waals surface area (Å²) in [7, 11) is -2.99. The lowest BCUT2D eigenvalue weighted by molar-refractivity contribution is -0.148. The maximum Gasteiger partial charge on any atom is 0.408 e. The zero-order valence-electron chi connectivity index (χ0n) is 25.2. The monoisotopic (exact) mass is 709 g/mol. The number of hydrogen-bond acceptors (Lipinski definition) is 9. The van der Waals surface area contributed by atoms with Gasteiger partial charge in [0.15, 0.2) is 0 Å². The Bertz CT molecular complexity index is 1410. The van der Waals surface area contributed by atoms with E-state index in [9.17, 15) is 27.6 Å². The van der Waals surface area contributed by atoms with E-state index in [4.69, 9.17) is 13.7 Å². The summed E-state index contributed by atoms with van der Waals surface area (Å²) in [5.74, 6) is -2.03. The Labute approximate surface area is 271 Å². The van der Waals surface area contributed by atoms with Crippen LogP contribution in [0.15, 0.2) is 45.8 Å². The summed E-state index contributed by atoms with van der Waals surface area (Å²) in [5.41, 5.74) is -1.28. The van der Waals surface area contributed by atoms with E-state index >= 15 is 0 Å². The zero-order valence-corrected chi connectivity index (χ0v) is 27.6. The van der Waals surface area contributed by atoms with Crippen LogP contribution in [0.3, 0.4) is 0 Å². The number of ether oxygens (including phenoxy) is 2. The number of halogens is 1. The first-order valence-electron chi connectivity index (χ1n) is 15.6. The van der Waals surface area contributed by atoms with E-state index in [0.29, 0.717) is 23.7 Å². The van der Waals surface area contributed by atoms with E-state index in [0.717, 1.165) is 44.9 Å². The molecule has 0 radical (unpaired) electrons. The largest absolute Gasteiger partial charge is 0.467 e. The number of methoxy groups -OCH3 is 1. The maximum absolute atomic E-state index is 14.1. The van der Waals surface area contributed by atoms with Crippen LogP contribution in [0.4, 0.5) is 4.79 Å². The molecule has 3 fully saturated rings. The van der Waals surface area contributed by atoms with Crippen molar-refractivity contribution in [3.05, 3.63) is 40.9 Å². The maximum atomic E-state index is 14.1. The second-order valence-electron chi connectivity index (χ2n) is 12.2. The third kappa shape index (κ3) is 7.89. The average Bonchev–Trinajstić information content (AvgIpc) is 3.29. The number of fused-ring (bicyclic) bond motifs is 2. The van der Waals surface area contributed by atoms with Crippen LogP contribution in [0.25, 0.3) is 0 Å². The normalized spacial score (nSPS) is 29.5. The number of benzene rings is 1. The quantitative estimate of drug-likeness (QED) is 0.255. The Morgan fingerprint density at radius 3 is 2.44 bits per heavy atom. The van der Waals surface area contributed by atoms with Gasteiger partial charge in [-0.25, -0.2) is 9.59 Å². The molecule has 1 aromatic carbocycles. The van der Waals surface area contributed by atoms with Gasteiger partial charge < -0.3 is 25.0 Å². The summed E-state index contributed by atoms with van der Waals surface area (Å²) < 4.78 is 43.1. The van der Waals surface area contributed by atoms with Crippen LogP contribution in [0, 0.1) is 5.92 Å². The van der Waals surface area contributed by atoms with Gasteiger partial charge in [-0.2, -0.15) is 8.42 Å². The molecule has 4 aliphatic rings. The van der Waals surface area contributed by atoms with Gasteiger partial charge in [-0.3, -0.25) is 13.8 Å². The van der Waals surface area contributed by atoms with Crippen molar-refractivity contribution in [2.24, 2.45) is 5.92 Å². The van der Waals surface area contributed by atoms with E-state index in [1.54, 1.807) is 12.1 Å². The smallest absolute Gasteiger partial charge is 0.408 e. The Morgan fingerprint density at radius 1 is 1.02 bits per heavy atom. The zero-order chi connectivity index (χ0) is 32.2. The highest BCUT2D eigenvalue weighted by Gasteiger charge is 2.62. The van der Waals surface area contributed by atoms with Gasteiger partial charge in [-0.05, 0) is 75.6 Å². The molecule has 2 saturated carbocycles. The summed E-state index contributed by atoms with van der Waals surface area (Å²) in [6, 6.07) is 3.76. The van der Waals surface area contributed by atoms with Crippen LogP contribution in [-0.2, 0) is 38.2 Å². The minimum absolute atomic E-state index is 0.0719. The van der Waals surface area contributed by atoms with Gasteiger partial charge in [0.25, 0.3) is 10.1 Å². The second-order valence-corrected chi connectivity index (χ2v) is 14.7. The van der Waals surface area contributed by atoms with E-state index in [1.807, 2.05) is 12.2 Å². The number of amides is 3. The molecule has 1 aromatic rings. The van der Waals surface area contributed by atoms with Gasteiger partial charge in [0.1, 0.15) is 23.7 Å². The number of carbonyl (C=O) groups excluding carboxylic acids is 4.